The molecule has 0 unspecified atom stereocenters. The maximum Gasteiger partial charge on any atom is 0.242 e. The number of nitriles is 1. The SMILES string of the molecule is N#Cc1ccccc1S(=O)(=O)N[C@@H]1C[C@H]2CO[C@@H](C3CC3)CN2C1. The summed E-state index contributed by atoms with van der Waals surface area (Å²) in [5.74, 6) is 0.698. The van der Waals surface area contributed by atoms with Crippen LogP contribution in [0, 0.1) is 17.2 Å². The van der Waals surface area contributed by atoms with E-state index in [9.17, 15) is 8.42 Å². The Morgan fingerprint density at radius 2 is 2.04 bits per heavy atom. The normalized spacial score (nSPS) is 30.7. The number of hydrogen-bond donors (Lipinski definition) is 1. The first-order chi connectivity index (χ1) is 11.6. The van der Waals surface area contributed by atoms with E-state index in [1.807, 2.05) is 6.07 Å². The molecular formula is C17H21N3O3S. The van der Waals surface area contributed by atoms with Crippen LogP contribution in [0.3, 0.4) is 0 Å². The van der Waals surface area contributed by atoms with Gasteiger partial charge >= 0.3 is 0 Å². The molecule has 2 saturated heterocycles. The Balaban J connectivity index is 1.45. The van der Waals surface area contributed by atoms with E-state index in [1.54, 1.807) is 12.1 Å². The molecular weight excluding hydrogens is 326 g/mol. The number of ether oxygens (including phenoxy) is 1. The lowest BCUT2D eigenvalue weighted by atomic mass is 10.1. The van der Waals surface area contributed by atoms with Crippen LogP contribution in [-0.2, 0) is 14.8 Å². The van der Waals surface area contributed by atoms with Gasteiger partial charge in [-0.3, -0.25) is 4.90 Å². The molecule has 3 atom stereocenters. The van der Waals surface area contributed by atoms with Gasteiger partial charge in [-0.2, -0.15) is 5.26 Å². The number of nitrogens with zero attached hydrogens (tertiary/aromatic N) is 2. The Morgan fingerprint density at radius 1 is 1.25 bits per heavy atom. The second-order valence-corrected chi connectivity index (χ2v) is 8.66. The molecule has 1 aromatic rings. The number of fused-ring (bicyclic) bond motifs is 1. The summed E-state index contributed by atoms with van der Waals surface area (Å²) < 4.78 is 34.0. The third kappa shape index (κ3) is 3.07. The van der Waals surface area contributed by atoms with Crippen LogP contribution in [0.1, 0.15) is 24.8 Å². The fraction of sp³-hybridized carbons (Fsp3) is 0.588. The van der Waals surface area contributed by atoms with E-state index in [2.05, 4.69) is 9.62 Å². The molecule has 2 aliphatic heterocycles. The van der Waals surface area contributed by atoms with Crippen LogP contribution in [0.2, 0.25) is 0 Å². The van der Waals surface area contributed by atoms with E-state index in [-0.39, 0.29) is 16.5 Å². The van der Waals surface area contributed by atoms with Crippen molar-refractivity contribution >= 4 is 10.0 Å². The Labute approximate surface area is 142 Å². The van der Waals surface area contributed by atoms with Crippen molar-refractivity contribution in [2.24, 2.45) is 5.92 Å². The summed E-state index contributed by atoms with van der Waals surface area (Å²) in [6.07, 6.45) is 3.58. The molecule has 24 heavy (non-hydrogen) atoms. The van der Waals surface area contributed by atoms with Crippen molar-refractivity contribution in [2.45, 2.75) is 42.3 Å². The van der Waals surface area contributed by atoms with Gasteiger partial charge in [-0.1, -0.05) is 12.1 Å². The molecule has 1 N–H and O–H groups in total. The monoisotopic (exact) mass is 347 g/mol. The fourth-order valence-electron chi connectivity index (χ4n) is 3.81. The average Bonchev–Trinajstić information content (AvgIpc) is 3.35. The molecule has 3 aliphatic rings. The van der Waals surface area contributed by atoms with Crippen LogP contribution in [0.4, 0.5) is 0 Å². The van der Waals surface area contributed by atoms with Crippen molar-refractivity contribution < 1.29 is 13.2 Å². The van der Waals surface area contributed by atoms with E-state index in [0.29, 0.717) is 31.2 Å². The van der Waals surface area contributed by atoms with Crippen LogP contribution in [0.5, 0.6) is 0 Å². The highest BCUT2D eigenvalue weighted by Gasteiger charge is 2.43. The fourth-order valence-corrected chi connectivity index (χ4v) is 5.21. The van der Waals surface area contributed by atoms with Crippen molar-refractivity contribution in [1.82, 2.24) is 9.62 Å². The zero-order valence-corrected chi connectivity index (χ0v) is 14.2. The third-order valence-corrected chi connectivity index (χ3v) is 6.79. The number of hydrogen-bond acceptors (Lipinski definition) is 5. The molecule has 4 rings (SSSR count). The van der Waals surface area contributed by atoms with Gasteiger partial charge in [0.25, 0.3) is 0 Å². The highest BCUT2D eigenvalue weighted by atomic mass is 32.2. The van der Waals surface area contributed by atoms with Gasteiger partial charge in [-0.15, -0.1) is 0 Å². The average molecular weight is 347 g/mol. The molecule has 1 aromatic carbocycles. The molecule has 1 aliphatic carbocycles. The topological polar surface area (TPSA) is 82.4 Å². The molecule has 0 aromatic heterocycles. The first-order valence-electron chi connectivity index (χ1n) is 8.44. The van der Waals surface area contributed by atoms with E-state index in [4.69, 9.17) is 10.00 Å². The third-order valence-electron chi connectivity index (χ3n) is 5.21. The van der Waals surface area contributed by atoms with Gasteiger partial charge in [0.1, 0.15) is 6.07 Å². The zero-order chi connectivity index (χ0) is 16.7. The lowest BCUT2D eigenvalue weighted by molar-refractivity contribution is -0.0581. The largest absolute Gasteiger partial charge is 0.375 e. The minimum atomic E-state index is -3.69. The first-order valence-corrected chi connectivity index (χ1v) is 9.92. The van der Waals surface area contributed by atoms with Crippen LogP contribution >= 0.6 is 0 Å². The molecule has 0 amide bonds. The molecule has 0 radical (unpaired) electrons. The van der Waals surface area contributed by atoms with Gasteiger partial charge in [0.2, 0.25) is 10.0 Å². The standard InChI is InChI=1S/C17H21N3O3S/c18-8-13-3-1-2-4-17(13)24(21,22)19-14-7-15-11-23-16(12-5-6-12)10-20(15)9-14/h1-4,12,14-16,19H,5-7,9-11H2/t14-,15+,16-/m1/s1. The Kier molecular flexibility index (Phi) is 4.09. The summed E-state index contributed by atoms with van der Waals surface area (Å²) in [7, 11) is -3.69. The molecule has 0 spiro atoms. The summed E-state index contributed by atoms with van der Waals surface area (Å²) in [4.78, 5) is 2.42. The van der Waals surface area contributed by atoms with Gasteiger partial charge in [-0.05, 0) is 37.3 Å². The van der Waals surface area contributed by atoms with Crippen molar-refractivity contribution in [1.29, 1.82) is 5.26 Å². The number of nitrogens with one attached hydrogen (secondary N) is 1. The molecule has 2 heterocycles. The molecule has 3 fully saturated rings. The minimum absolute atomic E-state index is 0.0597. The smallest absolute Gasteiger partial charge is 0.242 e. The molecule has 1 saturated carbocycles. The van der Waals surface area contributed by atoms with E-state index in [0.717, 1.165) is 13.0 Å². The Hall–Kier alpha value is -1.46. The van der Waals surface area contributed by atoms with E-state index < -0.39 is 10.0 Å². The van der Waals surface area contributed by atoms with Gasteiger partial charge in [0.15, 0.2) is 0 Å². The minimum Gasteiger partial charge on any atom is -0.375 e. The summed E-state index contributed by atoms with van der Waals surface area (Å²) in [5, 5.41) is 9.13. The van der Waals surface area contributed by atoms with Gasteiger partial charge in [-0.25, -0.2) is 13.1 Å². The summed E-state index contributed by atoms with van der Waals surface area (Å²) in [5.41, 5.74) is 0.179. The Bertz CT molecular complexity index is 770. The van der Waals surface area contributed by atoms with Gasteiger partial charge in [0, 0.05) is 25.2 Å². The van der Waals surface area contributed by atoms with Crippen LogP contribution in [0.25, 0.3) is 0 Å². The number of sulfonamides is 1. The van der Waals surface area contributed by atoms with Crippen LogP contribution < -0.4 is 4.72 Å². The van der Waals surface area contributed by atoms with E-state index in [1.165, 1.54) is 25.0 Å². The highest BCUT2D eigenvalue weighted by molar-refractivity contribution is 7.89. The van der Waals surface area contributed by atoms with Crippen molar-refractivity contribution in [3.63, 3.8) is 0 Å². The second-order valence-electron chi connectivity index (χ2n) is 6.98. The lowest BCUT2D eigenvalue weighted by Gasteiger charge is -2.35. The molecule has 128 valence electrons. The summed E-state index contributed by atoms with van der Waals surface area (Å²) in [6, 6.07) is 8.43. The maximum atomic E-state index is 12.6. The van der Waals surface area contributed by atoms with Gasteiger partial charge < -0.3 is 4.74 Å². The maximum absolute atomic E-state index is 12.6. The summed E-state index contributed by atoms with van der Waals surface area (Å²) >= 11 is 0. The predicted molar refractivity (Wildman–Crippen MR) is 87.7 cm³/mol. The number of benzene rings is 1. The lowest BCUT2D eigenvalue weighted by Crippen LogP contribution is -2.47. The Morgan fingerprint density at radius 3 is 2.79 bits per heavy atom. The quantitative estimate of drug-likeness (QED) is 0.881. The van der Waals surface area contributed by atoms with Crippen molar-refractivity contribution in [3.8, 4) is 6.07 Å². The molecule has 7 heteroatoms. The first kappa shape index (κ1) is 16.0. The number of rotatable bonds is 4. The number of morpholine rings is 1. The van der Waals surface area contributed by atoms with Crippen LogP contribution in [-0.4, -0.2) is 51.2 Å². The highest BCUT2D eigenvalue weighted by Crippen LogP contribution is 2.38. The van der Waals surface area contributed by atoms with Crippen molar-refractivity contribution in [3.05, 3.63) is 29.8 Å². The van der Waals surface area contributed by atoms with Crippen molar-refractivity contribution in [2.75, 3.05) is 19.7 Å². The van der Waals surface area contributed by atoms with Crippen LogP contribution in [0.15, 0.2) is 29.2 Å². The zero-order valence-electron chi connectivity index (χ0n) is 13.4. The van der Waals surface area contributed by atoms with E-state index >= 15 is 0 Å². The summed E-state index contributed by atoms with van der Waals surface area (Å²) in [6.45, 7) is 2.31. The molecule has 0 bridgehead atoms. The predicted octanol–water partition coefficient (Wildman–Crippen LogP) is 1.09. The second kappa shape index (κ2) is 6.12. The molecule has 6 nitrogen and oxygen atoms in total. The van der Waals surface area contributed by atoms with Gasteiger partial charge in [0.05, 0.1) is 23.2 Å².